The maximum absolute atomic E-state index is 5.28. The molecule has 180 valence electrons. The molecule has 0 atom stereocenters. The Balaban J connectivity index is 1.47. The van der Waals surface area contributed by atoms with Gasteiger partial charge in [0.05, 0.1) is 27.6 Å². The molecule has 4 aromatic heterocycles. The van der Waals surface area contributed by atoms with E-state index in [2.05, 4.69) is 101 Å². The molecular weight excluding hydrogens is 476 g/mol. The van der Waals surface area contributed by atoms with E-state index in [1.165, 1.54) is 32.7 Å². The highest BCUT2D eigenvalue weighted by Crippen LogP contribution is 2.39. The van der Waals surface area contributed by atoms with Crippen LogP contribution in [0.25, 0.3) is 82.1 Å². The van der Waals surface area contributed by atoms with Gasteiger partial charge in [0, 0.05) is 33.9 Å². The van der Waals surface area contributed by atoms with Crippen LogP contribution in [0.2, 0.25) is 0 Å². The van der Waals surface area contributed by atoms with Gasteiger partial charge in [0.1, 0.15) is 5.65 Å². The minimum atomic E-state index is 0.885. The molecule has 0 amide bonds. The van der Waals surface area contributed by atoms with Crippen LogP contribution in [0.15, 0.2) is 122 Å². The topological polar surface area (TPSA) is 43.1 Å². The average molecular weight is 497 g/mol. The van der Waals surface area contributed by atoms with E-state index in [4.69, 9.17) is 15.0 Å². The van der Waals surface area contributed by atoms with Gasteiger partial charge in [-0.1, -0.05) is 66.7 Å². The van der Waals surface area contributed by atoms with Gasteiger partial charge < -0.3 is 0 Å². The first-order chi connectivity index (χ1) is 19.3. The molecule has 9 rings (SSSR count). The fourth-order valence-electron chi connectivity index (χ4n) is 6.25. The molecule has 4 heterocycles. The summed E-state index contributed by atoms with van der Waals surface area (Å²) in [4.78, 5) is 14.8. The van der Waals surface area contributed by atoms with Crippen molar-refractivity contribution >= 4 is 70.9 Å². The molecule has 0 aliphatic rings. The zero-order chi connectivity index (χ0) is 25.5. The van der Waals surface area contributed by atoms with Gasteiger partial charge in [-0.25, -0.2) is 4.98 Å². The minimum Gasteiger partial charge on any atom is -0.291 e. The summed E-state index contributed by atoms with van der Waals surface area (Å²) in [7, 11) is 0. The Bertz CT molecular complexity index is 2450. The predicted molar refractivity (Wildman–Crippen MR) is 161 cm³/mol. The summed E-state index contributed by atoms with van der Waals surface area (Å²) in [6, 6.07) is 38.8. The van der Waals surface area contributed by atoms with Crippen molar-refractivity contribution in [2.75, 3.05) is 0 Å². The first-order valence-corrected chi connectivity index (χ1v) is 13.1. The molecule has 0 spiro atoms. The number of rotatable bonds is 1. The molecular formula is C35H20N4. The second-order valence-electron chi connectivity index (χ2n) is 10.1. The fraction of sp³-hybridized carbons (Fsp3) is 0. The molecule has 0 radical (unpaired) electrons. The van der Waals surface area contributed by atoms with Crippen LogP contribution < -0.4 is 0 Å². The SMILES string of the molecule is c1ccc2cc(-c3ccc4c(c3)c3ccccc3c3nc5c6cccnc6c6ncccc6c5n43)ccc2c1. The van der Waals surface area contributed by atoms with Crippen LogP contribution in [0.4, 0.5) is 0 Å². The van der Waals surface area contributed by atoms with Crippen molar-refractivity contribution in [1.29, 1.82) is 0 Å². The van der Waals surface area contributed by atoms with Gasteiger partial charge >= 0.3 is 0 Å². The molecule has 0 N–H and O–H groups in total. The standard InChI is InChI=1S/C35H20N4/c1-2-8-22-19-23(14-13-21(22)7-1)24-15-16-30-29(20-24)25-9-3-4-10-26(25)35-38-33-27-11-5-17-36-31(27)32-28(12-6-18-37-32)34(33)39(30)35/h1-20H. The van der Waals surface area contributed by atoms with Crippen LogP contribution in [0, 0.1) is 0 Å². The molecule has 4 nitrogen and oxygen atoms in total. The fourth-order valence-corrected chi connectivity index (χ4v) is 6.25. The predicted octanol–water partition coefficient (Wildman–Crippen LogP) is 8.71. The number of hydrogen-bond acceptors (Lipinski definition) is 3. The minimum absolute atomic E-state index is 0.885. The molecule has 0 aliphatic heterocycles. The van der Waals surface area contributed by atoms with E-state index in [1.807, 2.05) is 24.5 Å². The van der Waals surface area contributed by atoms with Crippen LogP contribution in [-0.2, 0) is 0 Å². The lowest BCUT2D eigenvalue weighted by Crippen LogP contribution is -1.93. The Morgan fingerprint density at radius 3 is 2.00 bits per heavy atom. The zero-order valence-electron chi connectivity index (χ0n) is 20.8. The molecule has 4 heteroatoms. The van der Waals surface area contributed by atoms with Gasteiger partial charge in [0.2, 0.25) is 0 Å². The Kier molecular flexibility index (Phi) is 4.02. The number of benzene rings is 5. The molecule has 0 fully saturated rings. The van der Waals surface area contributed by atoms with Gasteiger partial charge in [0.25, 0.3) is 0 Å². The first kappa shape index (κ1) is 20.7. The third-order valence-electron chi connectivity index (χ3n) is 8.01. The molecule has 9 aromatic rings. The number of fused-ring (bicyclic) bond motifs is 14. The van der Waals surface area contributed by atoms with Crippen molar-refractivity contribution in [3.63, 3.8) is 0 Å². The monoisotopic (exact) mass is 496 g/mol. The highest BCUT2D eigenvalue weighted by Gasteiger charge is 2.19. The van der Waals surface area contributed by atoms with Gasteiger partial charge in [-0.05, 0) is 69.8 Å². The van der Waals surface area contributed by atoms with Gasteiger partial charge in [-0.15, -0.1) is 0 Å². The van der Waals surface area contributed by atoms with Gasteiger partial charge in [0.15, 0.2) is 0 Å². The van der Waals surface area contributed by atoms with Crippen LogP contribution in [0.3, 0.4) is 0 Å². The van der Waals surface area contributed by atoms with Crippen molar-refractivity contribution in [2.24, 2.45) is 0 Å². The highest BCUT2D eigenvalue weighted by atomic mass is 15.0. The molecule has 0 bridgehead atoms. The summed E-state index contributed by atoms with van der Waals surface area (Å²) in [5.41, 5.74) is 8.30. The summed E-state index contributed by atoms with van der Waals surface area (Å²) in [5, 5.41) is 8.10. The van der Waals surface area contributed by atoms with Crippen molar-refractivity contribution in [1.82, 2.24) is 19.4 Å². The summed E-state index contributed by atoms with van der Waals surface area (Å²) in [5.74, 6) is 0. The second-order valence-corrected chi connectivity index (χ2v) is 10.1. The van der Waals surface area contributed by atoms with Crippen molar-refractivity contribution in [3.8, 4) is 11.1 Å². The first-order valence-electron chi connectivity index (χ1n) is 13.1. The Morgan fingerprint density at radius 1 is 0.462 bits per heavy atom. The summed E-state index contributed by atoms with van der Waals surface area (Å²) in [6.45, 7) is 0. The van der Waals surface area contributed by atoms with E-state index in [9.17, 15) is 0 Å². The number of nitrogens with zero attached hydrogens (tertiary/aromatic N) is 4. The van der Waals surface area contributed by atoms with E-state index in [1.54, 1.807) is 0 Å². The Morgan fingerprint density at radius 2 is 1.13 bits per heavy atom. The van der Waals surface area contributed by atoms with E-state index in [0.717, 1.165) is 49.4 Å². The molecule has 0 aliphatic carbocycles. The normalized spacial score (nSPS) is 12.1. The maximum Gasteiger partial charge on any atom is 0.146 e. The number of aromatic nitrogens is 4. The van der Waals surface area contributed by atoms with Crippen LogP contribution in [0.1, 0.15) is 0 Å². The van der Waals surface area contributed by atoms with Gasteiger partial charge in [-0.3, -0.25) is 14.4 Å². The largest absolute Gasteiger partial charge is 0.291 e. The number of imidazole rings is 1. The van der Waals surface area contributed by atoms with Crippen LogP contribution >= 0.6 is 0 Å². The van der Waals surface area contributed by atoms with Gasteiger partial charge in [-0.2, -0.15) is 0 Å². The van der Waals surface area contributed by atoms with Crippen molar-refractivity contribution < 1.29 is 0 Å². The van der Waals surface area contributed by atoms with Crippen molar-refractivity contribution in [2.45, 2.75) is 0 Å². The molecule has 0 saturated carbocycles. The molecule has 39 heavy (non-hydrogen) atoms. The second kappa shape index (κ2) is 7.59. The average Bonchev–Trinajstić information content (AvgIpc) is 3.42. The lowest BCUT2D eigenvalue weighted by Gasteiger charge is -2.12. The van der Waals surface area contributed by atoms with E-state index in [-0.39, 0.29) is 0 Å². The zero-order valence-corrected chi connectivity index (χ0v) is 20.8. The summed E-state index contributed by atoms with van der Waals surface area (Å²) in [6.07, 6.45) is 3.67. The lowest BCUT2D eigenvalue weighted by molar-refractivity contribution is 1.32. The highest BCUT2D eigenvalue weighted by molar-refractivity contribution is 6.24. The number of hydrogen-bond donors (Lipinski definition) is 0. The molecule has 0 unspecified atom stereocenters. The summed E-state index contributed by atoms with van der Waals surface area (Å²) >= 11 is 0. The van der Waals surface area contributed by atoms with Crippen LogP contribution in [0.5, 0.6) is 0 Å². The lowest BCUT2D eigenvalue weighted by atomic mass is 9.98. The third kappa shape index (κ3) is 2.80. The Hall–Kier alpha value is -5.35. The van der Waals surface area contributed by atoms with Crippen LogP contribution in [-0.4, -0.2) is 19.4 Å². The quantitative estimate of drug-likeness (QED) is 0.213. The Labute approximate surface area is 222 Å². The van der Waals surface area contributed by atoms with Crippen molar-refractivity contribution in [3.05, 3.63) is 122 Å². The maximum atomic E-state index is 5.28. The van der Waals surface area contributed by atoms with E-state index >= 15 is 0 Å². The molecule has 0 saturated heterocycles. The van der Waals surface area contributed by atoms with E-state index < -0.39 is 0 Å². The summed E-state index contributed by atoms with van der Waals surface area (Å²) < 4.78 is 2.33. The smallest absolute Gasteiger partial charge is 0.146 e. The van der Waals surface area contributed by atoms with E-state index in [0.29, 0.717) is 0 Å². The molecule has 5 aromatic carbocycles. The third-order valence-corrected chi connectivity index (χ3v) is 8.01. The number of pyridine rings is 3.